The van der Waals surface area contributed by atoms with E-state index in [2.05, 4.69) is 30.9 Å². The Morgan fingerprint density at radius 3 is 2.39 bits per heavy atom. The first-order valence-electron chi connectivity index (χ1n) is 9.80. The number of methoxy groups -OCH3 is 2. The first-order valence-corrected chi connectivity index (χ1v) is 9.80. The molecule has 0 fully saturated rings. The van der Waals surface area contributed by atoms with Gasteiger partial charge in [0.1, 0.15) is 28.8 Å². The van der Waals surface area contributed by atoms with Crippen molar-refractivity contribution in [2.75, 3.05) is 31.9 Å². The van der Waals surface area contributed by atoms with Crippen molar-refractivity contribution >= 4 is 29.1 Å². The standard InChI is InChI=1S/C22H23FN6O4/c1-11-8-18(27-12(2)26-11)29-17-9-15(13(10-25-17)21(30)24-3)28-22(31)19-14(23)6-7-16(32-4)20(19)33-5/h6-10H,1-5H3,(H,24,30)(H2,25,26,27,28,29,31). The van der Waals surface area contributed by atoms with E-state index in [-0.39, 0.29) is 28.3 Å². The van der Waals surface area contributed by atoms with Gasteiger partial charge in [0, 0.05) is 31.1 Å². The lowest BCUT2D eigenvalue weighted by atomic mass is 10.1. The van der Waals surface area contributed by atoms with Crippen LogP contribution >= 0.6 is 0 Å². The second kappa shape index (κ2) is 9.90. The lowest BCUT2D eigenvalue weighted by Crippen LogP contribution is -2.23. The summed E-state index contributed by atoms with van der Waals surface area (Å²) in [5, 5.41) is 8.06. The fourth-order valence-electron chi connectivity index (χ4n) is 3.15. The molecule has 0 saturated heterocycles. The van der Waals surface area contributed by atoms with Crippen molar-refractivity contribution < 1.29 is 23.5 Å². The van der Waals surface area contributed by atoms with E-state index in [9.17, 15) is 14.0 Å². The van der Waals surface area contributed by atoms with Gasteiger partial charge in [-0.3, -0.25) is 9.59 Å². The maximum Gasteiger partial charge on any atom is 0.262 e. The number of anilines is 3. The number of nitrogens with zero attached hydrogens (tertiary/aromatic N) is 3. The highest BCUT2D eigenvalue weighted by atomic mass is 19.1. The van der Waals surface area contributed by atoms with Crippen LogP contribution in [0.15, 0.2) is 30.5 Å². The van der Waals surface area contributed by atoms with Crippen LogP contribution in [0.3, 0.4) is 0 Å². The molecule has 1 aromatic carbocycles. The summed E-state index contributed by atoms with van der Waals surface area (Å²) in [5.41, 5.74) is 0.562. The molecule has 2 amide bonds. The minimum absolute atomic E-state index is 0.0733. The van der Waals surface area contributed by atoms with Crippen molar-refractivity contribution in [2.24, 2.45) is 0 Å². The predicted molar refractivity (Wildman–Crippen MR) is 120 cm³/mol. The lowest BCUT2D eigenvalue weighted by molar-refractivity contribution is 0.0963. The molecular weight excluding hydrogens is 431 g/mol. The zero-order chi connectivity index (χ0) is 24.1. The predicted octanol–water partition coefficient (Wildman–Crippen LogP) is 3.00. The van der Waals surface area contributed by atoms with Gasteiger partial charge in [0.2, 0.25) is 0 Å². The van der Waals surface area contributed by atoms with E-state index in [4.69, 9.17) is 9.47 Å². The number of halogens is 1. The summed E-state index contributed by atoms with van der Waals surface area (Å²) in [6.45, 7) is 3.58. The zero-order valence-corrected chi connectivity index (χ0v) is 18.7. The quantitative estimate of drug-likeness (QED) is 0.497. The summed E-state index contributed by atoms with van der Waals surface area (Å²) in [5.74, 6) is -0.681. The van der Waals surface area contributed by atoms with Gasteiger partial charge in [0.05, 0.1) is 25.5 Å². The number of nitrogens with one attached hydrogen (secondary N) is 3. The average molecular weight is 454 g/mol. The van der Waals surface area contributed by atoms with Crippen molar-refractivity contribution in [3.63, 3.8) is 0 Å². The number of aryl methyl sites for hydroxylation is 2. The van der Waals surface area contributed by atoms with Crippen molar-refractivity contribution in [2.45, 2.75) is 13.8 Å². The Hall–Kier alpha value is -4.28. The molecule has 0 bridgehead atoms. The normalized spacial score (nSPS) is 10.4. The Morgan fingerprint density at radius 1 is 1.00 bits per heavy atom. The molecule has 0 aliphatic heterocycles. The molecule has 33 heavy (non-hydrogen) atoms. The summed E-state index contributed by atoms with van der Waals surface area (Å²) in [4.78, 5) is 38.1. The van der Waals surface area contributed by atoms with E-state index < -0.39 is 17.6 Å². The molecule has 2 heterocycles. The highest BCUT2D eigenvalue weighted by molar-refractivity contribution is 6.10. The van der Waals surface area contributed by atoms with Crippen LogP contribution in [0.2, 0.25) is 0 Å². The molecule has 172 valence electrons. The number of aromatic nitrogens is 3. The third kappa shape index (κ3) is 5.14. The summed E-state index contributed by atoms with van der Waals surface area (Å²) in [7, 11) is 4.11. The highest BCUT2D eigenvalue weighted by Crippen LogP contribution is 2.33. The first-order chi connectivity index (χ1) is 15.8. The first kappa shape index (κ1) is 23.4. The number of carbonyl (C=O) groups is 2. The number of pyridine rings is 1. The molecule has 3 N–H and O–H groups in total. The van der Waals surface area contributed by atoms with Gasteiger partial charge in [0.15, 0.2) is 11.5 Å². The van der Waals surface area contributed by atoms with Crippen molar-refractivity contribution in [3.05, 3.63) is 58.9 Å². The number of amides is 2. The van der Waals surface area contributed by atoms with Gasteiger partial charge in [-0.25, -0.2) is 19.3 Å². The molecule has 0 aliphatic carbocycles. The molecule has 0 atom stereocenters. The molecular formula is C22H23FN6O4. The van der Waals surface area contributed by atoms with Crippen LogP contribution in [0.1, 0.15) is 32.2 Å². The molecule has 0 unspecified atom stereocenters. The Labute approximate surface area is 189 Å². The summed E-state index contributed by atoms with van der Waals surface area (Å²) in [6.07, 6.45) is 1.29. The number of hydrogen-bond donors (Lipinski definition) is 3. The average Bonchev–Trinajstić information content (AvgIpc) is 2.77. The summed E-state index contributed by atoms with van der Waals surface area (Å²) in [6, 6.07) is 5.60. The van der Waals surface area contributed by atoms with E-state index >= 15 is 0 Å². The number of ether oxygens (including phenoxy) is 2. The SMILES string of the molecule is CNC(=O)c1cnc(Nc2cc(C)nc(C)n2)cc1NC(=O)c1c(F)ccc(OC)c1OC. The Balaban J connectivity index is 2.01. The highest BCUT2D eigenvalue weighted by Gasteiger charge is 2.24. The molecule has 0 spiro atoms. The van der Waals surface area contributed by atoms with Crippen LogP contribution in [-0.2, 0) is 0 Å². The van der Waals surface area contributed by atoms with Gasteiger partial charge in [0.25, 0.3) is 11.8 Å². The fourth-order valence-corrected chi connectivity index (χ4v) is 3.15. The van der Waals surface area contributed by atoms with Crippen molar-refractivity contribution in [1.82, 2.24) is 20.3 Å². The van der Waals surface area contributed by atoms with Gasteiger partial charge in [-0.05, 0) is 26.0 Å². The lowest BCUT2D eigenvalue weighted by Gasteiger charge is -2.16. The van der Waals surface area contributed by atoms with E-state index in [0.29, 0.717) is 17.5 Å². The van der Waals surface area contributed by atoms with E-state index in [0.717, 1.165) is 11.8 Å². The molecule has 2 aromatic heterocycles. The maximum absolute atomic E-state index is 14.6. The zero-order valence-electron chi connectivity index (χ0n) is 18.7. The van der Waals surface area contributed by atoms with Gasteiger partial charge in [-0.15, -0.1) is 0 Å². The fraction of sp³-hybridized carbons (Fsp3) is 0.227. The van der Waals surface area contributed by atoms with Crippen LogP contribution in [0.25, 0.3) is 0 Å². The number of rotatable bonds is 7. The van der Waals surface area contributed by atoms with E-state index in [1.807, 2.05) is 6.92 Å². The van der Waals surface area contributed by atoms with Crippen LogP contribution < -0.4 is 25.4 Å². The number of carbonyl (C=O) groups excluding carboxylic acids is 2. The van der Waals surface area contributed by atoms with Gasteiger partial charge in [-0.1, -0.05) is 0 Å². The van der Waals surface area contributed by atoms with Gasteiger partial charge in [-0.2, -0.15) is 0 Å². The van der Waals surface area contributed by atoms with E-state index in [1.54, 1.807) is 13.0 Å². The Morgan fingerprint density at radius 2 is 1.76 bits per heavy atom. The number of benzene rings is 1. The summed E-state index contributed by atoms with van der Waals surface area (Å²) < 4.78 is 24.9. The second-order valence-corrected chi connectivity index (χ2v) is 6.87. The van der Waals surface area contributed by atoms with E-state index in [1.165, 1.54) is 39.6 Å². The molecule has 3 rings (SSSR count). The molecule has 11 heteroatoms. The van der Waals surface area contributed by atoms with Gasteiger partial charge >= 0.3 is 0 Å². The minimum Gasteiger partial charge on any atom is -0.493 e. The molecule has 0 saturated carbocycles. The van der Waals surface area contributed by atoms with Gasteiger partial charge < -0.3 is 25.4 Å². The second-order valence-electron chi connectivity index (χ2n) is 6.87. The van der Waals surface area contributed by atoms with Crippen molar-refractivity contribution in [3.8, 4) is 11.5 Å². The molecule has 0 aliphatic rings. The third-order valence-electron chi connectivity index (χ3n) is 4.57. The van der Waals surface area contributed by atoms with Crippen molar-refractivity contribution in [1.29, 1.82) is 0 Å². The van der Waals surface area contributed by atoms with Crippen LogP contribution in [0.4, 0.5) is 21.7 Å². The van der Waals surface area contributed by atoms with Crippen LogP contribution in [0, 0.1) is 19.7 Å². The number of hydrogen-bond acceptors (Lipinski definition) is 8. The summed E-state index contributed by atoms with van der Waals surface area (Å²) >= 11 is 0. The van der Waals surface area contributed by atoms with Crippen LogP contribution in [-0.4, -0.2) is 48.0 Å². The maximum atomic E-state index is 14.6. The largest absolute Gasteiger partial charge is 0.493 e. The minimum atomic E-state index is -0.834. The monoisotopic (exact) mass is 454 g/mol. The molecule has 10 nitrogen and oxygen atoms in total. The molecule has 0 radical (unpaired) electrons. The van der Waals surface area contributed by atoms with Crippen LogP contribution in [0.5, 0.6) is 11.5 Å². The Bertz CT molecular complexity index is 1200. The third-order valence-corrected chi connectivity index (χ3v) is 4.57. The smallest absolute Gasteiger partial charge is 0.262 e. The molecule has 3 aromatic rings. The Kier molecular flexibility index (Phi) is 7.01. The topological polar surface area (TPSA) is 127 Å².